The van der Waals surface area contributed by atoms with Crippen molar-refractivity contribution in [3.05, 3.63) is 173 Å². The van der Waals surface area contributed by atoms with Crippen LogP contribution in [-0.2, 0) is 38.5 Å². The van der Waals surface area contributed by atoms with Crippen molar-refractivity contribution in [2.45, 2.75) is 80.1 Å². The van der Waals surface area contributed by atoms with E-state index in [1.807, 2.05) is 18.6 Å². The van der Waals surface area contributed by atoms with Gasteiger partial charge in [0, 0.05) is 47.8 Å². The molecule has 0 fully saturated rings. The van der Waals surface area contributed by atoms with Gasteiger partial charge in [0.15, 0.2) is 0 Å². The molecule has 0 unspecified atom stereocenters. The fraction of sp³-hybridized carbons (Fsp3) is 0.240. The minimum absolute atomic E-state index is 0.725. The zero-order valence-corrected chi connectivity index (χ0v) is 34.2. The van der Waals surface area contributed by atoms with Crippen LogP contribution < -0.4 is 14.7 Å². The molecule has 0 aliphatic rings. The summed E-state index contributed by atoms with van der Waals surface area (Å²) in [4.78, 5) is 27.3. The van der Waals surface area contributed by atoms with Crippen LogP contribution in [0, 0.1) is 0 Å². The summed E-state index contributed by atoms with van der Waals surface area (Å²) in [5.74, 6) is 3.89. The lowest BCUT2D eigenvalue weighted by atomic mass is 10.1. The van der Waals surface area contributed by atoms with E-state index in [-0.39, 0.29) is 0 Å². The Morgan fingerprint density at radius 1 is 0.316 bits per heavy atom. The Morgan fingerprint density at radius 3 is 0.982 bits per heavy atom. The largest absolute Gasteiger partial charge is 0.295 e. The predicted octanol–water partition coefficient (Wildman–Crippen LogP) is 13.1. The molecule has 7 rings (SSSR count). The van der Waals surface area contributed by atoms with E-state index in [1.165, 1.54) is 33.4 Å². The van der Waals surface area contributed by atoms with Gasteiger partial charge in [-0.3, -0.25) is 14.7 Å². The Kier molecular flexibility index (Phi) is 12.3. The van der Waals surface area contributed by atoms with Crippen molar-refractivity contribution in [1.29, 1.82) is 0 Å². The maximum absolute atomic E-state index is 5.62. The van der Waals surface area contributed by atoms with Gasteiger partial charge in [0.05, 0.1) is 5.69 Å². The number of hydrogen-bond donors (Lipinski definition) is 0. The van der Waals surface area contributed by atoms with E-state index in [0.717, 1.165) is 90.4 Å². The molecule has 7 aromatic rings. The van der Waals surface area contributed by atoms with E-state index < -0.39 is 0 Å². The second-order valence-electron chi connectivity index (χ2n) is 14.2. The standard InChI is InChI=1S/C50H53N7/c1-7-36-16-13-19-42(28-36)55(46-31-39(10-4)22-25-51-46)45-34-49(56(43-20-14-17-37(8-2)29-43)47-32-40(11-5)23-26-52-47)54-50(35-45)57(44-21-15-18-38(9-3)30-44)48-33-41(12-6)24-27-53-48/h13-35H,7-12H2,1-6H3. The molecule has 288 valence electrons. The Bertz CT molecular complexity index is 2020. The summed E-state index contributed by atoms with van der Waals surface area (Å²) in [6.07, 6.45) is 11.1. The van der Waals surface area contributed by atoms with Gasteiger partial charge in [0.25, 0.3) is 0 Å². The number of hydrogen-bond acceptors (Lipinski definition) is 7. The molecule has 0 radical (unpaired) electrons. The highest BCUT2D eigenvalue weighted by Crippen LogP contribution is 2.44. The Morgan fingerprint density at radius 2 is 0.632 bits per heavy atom. The predicted molar refractivity (Wildman–Crippen MR) is 238 cm³/mol. The molecule has 0 aliphatic heterocycles. The average molecular weight is 752 g/mol. The van der Waals surface area contributed by atoms with Crippen molar-refractivity contribution in [2.24, 2.45) is 0 Å². The topological polar surface area (TPSA) is 61.3 Å². The first-order valence-electron chi connectivity index (χ1n) is 20.5. The molecule has 0 saturated heterocycles. The molecule has 4 heterocycles. The third-order valence-electron chi connectivity index (χ3n) is 10.6. The van der Waals surface area contributed by atoms with E-state index in [9.17, 15) is 0 Å². The van der Waals surface area contributed by atoms with E-state index in [4.69, 9.17) is 19.9 Å². The summed E-state index contributed by atoms with van der Waals surface area (Å²) >= 11 is 0. The summed E-state index contributed by atoms with van der Waals surface area (Å²) in [6, 6.07) is 43.3. The smallest absolute Gasteiger partial charge is 0.143 e. The van der Waals surface area contributed by atoms with Gasteiger partial charge in [-0.25, -0.2) is 19.9 Å². The fourth-order valence-corrected chi connectivity index (χ4v) is 7.18. The Labute approximate surface area is 338 Å². The maximum Gasteiger partial charge on any atom is 0.143 e. The fourth-order valence-electron chi connectivity index (χ4n) is 7.18. The molecule has 0 amide bonds. The third kappa shape index (κ3) is 8.73. The molecule has 0 bridgehead atoms. The van der Waals surface area contributed by atoms with Gasteiger partial charge in [0.2, 0.25) is 0 Å². The number of anilines is 9. The second-order valence-corrected chi connectivity index (χ2v) is 14.2. The number of aryl methyl sites for hydroxylation is 6. The lowest BCUT2D eigenvalue weighted by Gasteiger charge is -2.31. The van der Waals surface area contributed by atoms with Crippen LogP contribution in [0.15, 0.2) is 140 Å². The van der Waals surface area contributed by atoms with Crippen LogP contribution >= 0.6 is 0 Å². The number of rotatable bonds is 15. The molecule has 0 spiro atoms. The van der Waals surface area contributed by atoms with Crippen LogP contribution in [0.1, 0.15) is 74.9 Å². The average Bonchev–Trinajstić information content (AvgIpc) is 3.27. The van der Waals surface area contributed by atoms with Gasteiger partial charge < -0.3 is 0 Å². The van der Waals surface area contributed by atoms with E-state index in [0.29, 0.717) is 0 Å². The molecule has 0 atom stereocenters. The summed E-state index contributed by atoms with van der Waals surface area (Å²) < 4.78 is 0. The van der Waals surface area contributed by atoms with Crippen LogP contribution in [0.3, 0.4) is 0 Å². The van der Waals surface area contributed by atoms with Crippen LogP contribution in [0.2, 0.25) is 0 Å². The first kappa shape index (κ1) is 38.9. The highest BCUT2D eigenvalue weighted by molar-refractivity contribution is 5.85. The number of nitrogens with zero attached hydrogens (tertiary/aromatic N) is 7. The minimum atomic E-state index is 0.725. The summed E-state index contributed by atoms with van der Waals surface area (Å²) in [5, 5.41) is 0. The lowest BCUT2D eigenvalue weighted by molar-refractivity contribution is 1.04. The van der Waals surface area contributed by atoms with Crippen molar-refractivity contribution in [3.63, 3.8) is 0 Å². The molecule has 0 saturated carbocycles. The highest BCUT2D eigenvalue weighted by Gasteiger charge is 2.25. The summed E-state index contributed by atoms with van der Waals surface area (Å²) in [7, 11) is 0. The van der Waals surface area contributed by atoms with Crippen LogP contribution in [0.5, 0.6) is 0 Å². The molecule has 7 nitrogen and oxygen atoms in total. The first-order chi connectivity index (χ1) is 27.9. The van der Waals surface area contributed by atoms with Crippen LogP contribution in [-0.4, -0.2) is 19.9 Å². The van der Waals surface area contributed by atoms with Crippen molar-refractivity contribution in [3.8, 4) is 0 Å². The normalized spacial score (nSPS) is 11.1. The first-order valence-corrected chi connectivity index (χ1v) is 20.5. The molecule has 3 aromatic carbocycles. The van der Waals surface area contributed by atoms with E-state index in [1.54, 1.807) is 0 Å². The number of aromatic nitrogens is 4. The minimum Gasteiger partial charge on any atom is -0.295 e. The maximum atomic E-state index is 5.62. The summed E-state index contributed by atoms with van der Waals surface area (Å²) in [6.45, 7) is 13.1. The Hall–Kier alpha value is -6.34. The quantitative estimate of drug-likeness (QED) is 0.103. The summed E-state index contributed by atoms with van der Waals surface area (Å²) in [5.41, 5.74) is 11.2. The SMILES string of the molecule is CCc1cccc(N(c2cc(N(c3cccc(CC)c3)c3cc(CC)ccn3)nc(N(c3cccc(CC)c3)c3cc(CC)ccn3)c2)c2cc(CC)ccn2)c1. The number of benzene rings is 3. The molecule has 0 N–H and O–H groups in total. The van der Waals surface area contributed by atoms with Gasteiger partial charge in [-0.2, -0.15) is 0 Å². The van der Waals surface area contributed by atoms with Crippen molar-refractivity contribution in [2.75, 3.05) is 14.7 Å². The van der Waals surface area contributed by atoms with Gasteiger partial charge >= 0.3 is 0 Å². The molecule has 7 heteroatoms. The van der Waals surface area contributed by atoms with Crippen molar-refractivity contribution >= 4 is 51.8 Å². The Balaban J connectivity index is 1.59. The van der Waals surface area contributed by atoms with E-state index >= 15 is 0 Å². The van der Waals surface area contributed by atoms with Crippen molar-refractivity contribution < 1.29 is 0 Å². The monoisotopic (exact) mass is 751 g/mol. The van der Waals surface area contributed by atoms with Crippen LogP contribution in [0.4, 0.5) is 51.8 Å². The van der Waals surface area contributed by atoms with Gasteiger partial charge in [-0.15, -0.1) is 0 Å². The van der Waals surface area contributed by atoms with Gasteiger partial charge in [-0.1, -0.05) is 77.9 Å². The highest BCUT2D eigenvalue weighted by atomic mass is 15.3. The van der Waals surface area contributed by atoms with Gasteiger partial charge in [-0.05, 0) is 145 Å². The lowest BCUT2D eigenvalue weighted by Crippen LogP contribution is -2.20. The van der Waals surface area contributed by atoms with E-state index in [2.05, 4.69) is 178 Å². The number of pyridine rings is 4. The second kappa shape index (κ2) is 18.1. The molecule has 57 heavy (non-hydrogen) atoms. The van der Waals surface area contributed by atoms with Gasteiger partial charge in [0.1, 0.15) is 29.1 Å². The molecular formula is C50H53N7. The molecule has 0 aliphatic carbocycles. The molecular weight excluding hydrogens is 699 g/mol. The van der Waals surface area contributed by atoms with Crippen LogP contribution in [0.25, 0.3) is 0 Å². The third-order valence-corrected chi connectivity index (χ3v) is 10.6. The zero-order chi connectivity index (χ0) is 39.7. The molecule has 4 aromatic heterocycles. The zero-order valence-electron chi connectivity index (χ0n) is 34.2. The van der Waals surface area contributed by atoms with Crippen molar-refractivity contribution in [1.82, 2.24) is 19.9 Å².